The molecular formula is C6H11N. The van der Waals surface area contributed by atoms with Gasteiger partial charge in [0.25, 0.3) is 0 Å². The summed E-state index contributed by atoms with van der Waals surface area (Å²) in [5.74, 6) is 0. The van der Waals surface area contributed by atoms with E-state index in [0.717, 1.165) is 6.04 Å². The van der Waals surface area contributed by atoms with Crippen LogP contribution in [0.4, 0.5) is 0 Å². The lowest BCUT2D eigenvalue weighted by Gasteiger charge is -1.80. The van der Waals surface area contributed by atoms with Gasteiger partial charge in [-0.2, -0.15) is 0 Å². The largest absolute Gasteiger partial charge is 0.297 e. The molecule has 1 heteroatoms. The van der Waals surface area contributed by atoms with Crippen molar-refractivity contribution in [1.82, 2.24) is 4.90 Å². The highest BCUT2D eigenvalue weighted by atomic mass is 15.3. The Labute approximate surface area is 44.6 Å². The van der Waals surface area contributed by atoms with E-state index in [9.17, 15) is 0 Å². The number of allylic oxidation sites excluding steroid dienone is 1. The first kappa shape index (κ1) is 4.85. The van der Waals surface area contributed by atoms with Gasteiger partial charge in [-0.15, -0.1) is 0 Å². The summed E-state index contributed by atoms with van der Waals surface area (Å²) >= 11 is 0. The zero-order chi connectivity index (χ0) is 5.28. The van der Waals surface area contributed by atoms with Crippen LogP contribution in [0.5, 0.6) is 0 Å². The fourth-order valence-electron chi connectivity index (χ4n) is 0.678. The zero-order valence-corrected chi connectivity index (χ0v) is 4.89. The lowest BCUT2D eigenvalue weighted by Crippen LogP contribution is -1.86. The maximum atomic E-state index is 2.29. The van der Waals surface area contributed by atoms with Crippen LogP contribution in [-0.2, 0) is 0 Å². The zero-order valence-electron chi connectivity index (χ0n) is 4.89. The van der Waals surface area contributed by atoms with E-state index in [-0.39, 0.29) is 0 Å². The highest BCUT2D eigenvalue weighted by molar-refractivity contribution is 5.02. The maximum absolute atomic E-state index is 2.29. The van der Waals surface area contributed by atoms with E-state index in [1.54, 1.807) is 0 Å². The van der Waals surface area contributed by atoms with Crippen molar-refractivity contribution in [3.63, 3.8) is 0 Å². The van der Waals surface area contributed by atoms with Gasteiger partial charge in [0, 0.05) is 12.6 Å². The normalized spacial score (nSPS) is 39.7. The Kier molecular flexibility index (Phi) is 1.15. The molecule has 0 aromatic rings. The van der Waals surface area contributed by atoms with Gasteiger partial charge < -0.3 is 0 Å². The summed E-state index contributed by atoms with van der Waals surface area (Å²) in [7, 11) is 2.13. The summed E-state index contributed by atoms with van der Waals surface area (Å²) in [6.07, 6.45) is 4.33. The molecular weight excluding hydrogens is 86.1 g/mol. The van der Waals surface area contributed by atoms with Crippen LogP contribution in [0.15, 0.2) is 12.2 Å². The van der Waals surface area contributed by atoms with Crippen molar-refractivity contribution in [3.05, 3.63) is 12.2 Å². The molecule has 0 bridgehead atoms. The lowest BCUT2D eigenvalue weighted by molar-refractivity contribution is 0.660. The van der Waals surface area contributed by atoms with E-state index in [4.69, 9.17) is 0 Å². The molecule has 0 aromatic heterocycles. The molecule has 0 amide bonds. The van der Waals surface area contributed by atoms with Crippen LogP contribution in [0.2, 0.25) is 0 Å². The third-order valence-electron chi connectivity index (χ3n) is 1.32. The summed E-state index contributed by atoms with van der Waals surface area (Å²) in [5.41, 5.74) is 0. The molecule has 0 saturated carbocycles. The number of hydrogen-bond acceptors (Lipinski definition) is 1. The van der Waals surface area contributed by atoms with E-state index >= 15 is 0 Å². The summed E-state index contributed by atoms with van der Waals surface area (Å²) in [4.78, 5) is 2.29. The Hall–Kier alpha value is -0.300. The molecule has 0 N–H and O–H groups in total. The van der Waals surface area contributed by atoms with Crippen LogP contribution >= 0.6 is 0 Å². The molecule has 1 saturated heterocycles. The first-order valence-electron chi connectivity index (χ1n) is 2.67. The average Bonchev–Trinajstić information content (AvgIpc) is 2.22. The summed E-state index contributed by atoms with van der Waals surface area (Å²) in [6.45, 7) is 3.32. The fourth-order valence-corrected chi connectivity index (χ4v) is 0.678. The topological polar surface area (TPSA) is 3.01 Å². The molecule has 1 aliphatic heterocycles. The second-order valence-electron chi connectivity index (χ2n) is 2.03. The average molecular weight is 97.2 g/mol. The third kappa shape index (κ3) is 1.03. The molecule has 40 valence electrons. The number of rotatable bonds is 1. The Morgan fingerprint density at radius 1 is 1.71 bits per heavy atom. The molecule has 0 aromatic carbocycles. The van der Waals surface area contributed by atoms with Crippen LogP contribution in [0.1, 0.15) is 6.92 Å². The molecule has 0 aliphatic carbocycles. The van der Waals surface area contributed by atoms with Gasteiger partial charge in [-0.25, -0.2) is 0 Å². The van der Waals surface area contributed by atoms with E-state index in [0.29, 0.717) is 0 Å². The van der Waals surface area contributed by atoms with Crippen molar-refractivity contribution in [3.8, 4) is 0 Å². The van der Waals surface area contributed by atoms with Crippen LogP contribution in [-0.4, -0.2) is 24.5 Å². The minimum absolute atomic E-state index is 0.769. The van der Waals surface area contributed by atoms with Crippen molar-refractivity contribution in [1.29, 1.82) is 0 Å². The van der Waals surface area contributed by atoms with Crippen molar-refractivity contribution in [2.45, 2.75) is 13.0 Å². The van der Waals surface area contributed by atoms with Crippen LogP contribution in [0.3, 0.4) is 0 Å². The molecule has 7 heavy (non-hydrogen) atoms. The number of likely N-dealkylation sites (N-methyl/N-ethyl adjacent to an activating group) is 1. The third-order valence-corrected chi connectivity index (χ3v) is 1.32. The lowest BCUT2D eigenvalue weighted by atomic mass is 10.4. The monoisotopic (exact) mass is 97.1 g/mol. The van der Waals surface area contributed by atoms with E-state index in [2.05, 4.69) is 31.0 Å². The van der Waals surface area contributed by atoms with Gasteiger partial charge in [-0.1, -0.05) is 12.2 Å². The van der Waals surface area contributed by atoms with Crippen LogP contribution < -0.4 is 0 Å². The maximum Gasteiger partial charge on any atom is 0.0403 e. The Bertz CT molecular complexity index is 86.2. The predicted octanol–water partition coefficient (Wildman–Crippen LogP) is 0.877. The molecule has 1 nitrogen and oxygen atoms in total. The molecule has 0 spiro atoms. The first-order chi connectivity index (χ1) is 3.34. The minimum Gasteiger partial charge on any atom is -0.297 e. The standard InChI is InChI=1S/C6H11N/c1-3-4-6-5-7(6)2/h3-4,6H,5H2,1-2H3. The van der Waals surface area contributed by atoms with Crippen molar-refractivity contribution >= 4 is 0 Å². The molecule has 1 fully saturated rings. The highest BCUT2D eigenvalue weighted by Gasteiger charge is 2.25. The number of hydrogen-bond donors (Lipinski definition) is 0. The SMILES string of the molecule is CC=CC1CN1C. The molecule has 0 radical (unpaired) electrons. The van der Waals surface area contributed by atoms with Crippen LogP contribution in [0, 0.1) is 0 Å². The van der Waals surface area contributed by atoms with Gasteiger partial charge in [0.05, 0.1) is 0 Å². The van der Waals surface area contributed by atoms with E-state index in [1.165, 1.54) is 6.54 Å². The fraction of sp³-hybridized carbons (Fsp3) is 0.667. The molecule has 1 aliphatic rings. The quantitative estimate of drug-likeness (QED) is 0.346. The van der Waals surface area contributed by atoms with Crippen molar-refractivity contribution in [2.75, 3.05) is 13.6 Å². The second kappa shape index (κ2) is 1.66. The van der Waals surface area contributed by atoms with Gasteiger partial charge in [0.2, 0.25) is 0 Å². The summed E-state index contributed by atoms with van der Waals surface area (Å²) < 4.78 is 0. The van der Waals surface area contributed by atoms with E-state index < -0.39 is 0 Å². The molecule has 1 rings (SSSR count). The Morgan fingerprint density at radius 3 is 2.43 bits per heavy atom. The van der Waals surface area contributed by atoms with Crippen molar-refractivity contribution < 1.29 is 0 Å². The minimum atomic E-state index is 0.769. The van der Waals surface area contributed by atoms with Gasteiger partial charge in [-0.05, 0) is 14.0 Å². The van der Waals surface area contributed by atoms with Gasteiger partial charge in [-0.3, -0.25) is 4.90 Å². The van der Waals surface area contributed by atoms with E-state index in [1.807, 2.05) is 0 Å². The molecule has 2 atom stereocenters. The van der Waals surface area contributed by atoms with Gasteiger partial charge in [0.15, 0.2) is 0 Å². The van der Waals surface area contributed by atoms with Gasteiger partial charge in [0.1, 0.15) is 0 Å². The first-order valence-corrected chi connectivity index (χ1v) is 2.67. The smallest absolute Gasteiger partial charge is 0.0403 e. The second-order valence-corrected chi connectivity index (χ2v) is 2.03. The summed E-state index contributed by atoms with van der Waals surface area (Å²) in [6, 6.07) is 0.769. The summed E-state index contributed by atoms with van der Waals surface area (Å²) in [5, 5.41) is 0. The van der Waals surface area contributed by atoms with Gasteiger partial charge >= 0.3 is 0 Å². The van der Waals surface area contributed by atoms with Crippen molar-refractivity contribution in [2.24, 2.45) is 0 Å². The highest BCUT2D eigenvalue weighted by Crippen LogP contribution is 2.13. The molecule has 2 unspecified atom stereocenters. The van der Waals surface area contributed by atoms with Crippen LogP contribution in [0.25, 0.3) is 0 Å². The molecule has 1 heterocycles. The number of nitrogens with zero attached hydrogens (tertiary/aromatic N) is 1. The Morgan fingerprint density at radius 2 is 2.29 bits per heavy atom. The predicted molar refractivity (Wildman–Crippen MR) is 31.2 cm³/mol. The Balaban J connectivity index is 2.21.